The van der Waals surface area contributed by atoms with Crippen LogP contribution in [-0.4, -0.2) is 101 Å². The molecule has 0 aliphatic carbocycles. The van der Waals surface area contributed by atoms with E-state index in [-0.39, 0.29) is 48.7 Å². The molecule has 6 N–H and O–H groups in total. The van der Waals surface area contributed by atoms with E-state index in [0.717, 1.165) is 21.9 Å². The highest BCUT2D eigenvalue weighted by Gasteiger charge is 2.57. The van der Waals surface area contributed by atoms with Gasteiger partial charge in [-0.2, -0.15) is 10.2 Å². The third kappa shape index (κ3) is 10.2. The third-order valence-electron chi connectivity index (χ3n) is 13.7. The van der Waals surface area contributed by atoms with Crippen LogP contribution in [-0.2, 0) is 52.5 Å². The molecule has 386 valence electrons. The lowest BCUT2D eigenvalue weighted by Crippen LogP contribution is -2.70. The summed E-state index contributed by atoms with van der Waals surface area (Å²) in [7, 11) is 6.14. The number of amides is 8. The summed E-state index contributed by atoms with van der Waals surface area (Å²) in [6.45, 7) is 3.39. The normalized spacial score (nSPS) is 18.0. The second kappa shape index (κ2) is 21.2. The number of pyridine rings is 2. The van der Waals surface area contributed by atoms with Gasteiger partial charge >= 0.3 is 12.1 Å². The largest absolute Gasteiger partial charge is 0.384 e. The van der Waals surface area contributed by atoms with Crippen molar-refractivity contribution in [2.24, 2.45) is 25.9 Å². The third-order valence-corrected chi connectivity index (χ3v) is 13.7. The molecule has 0 unspecified atom stereocenters. The Labute approximate surface area is 423 Å². The van der Waals surface area contributed by atoms with E-state index in [0.29, 0.717) is 40.1 Å². The molecule has 23 heteroatoms. The van der Waals surface area contributed by atoms with Gasteiger partial charge in [0.05, 0.1) is 36.3 Å². The summed E-state index contributed by atoms with van der Waals surface area (Å²) in [5.74, 6) is -6.42. The molecule has 2 aliphatic rings. The molecule has 4 aromatic heterocycles. The molecule has 8 rings (SSSR count). The van der Waals surface area contributed by atoms with E-state index in [9.17, 15) is 41.9 Å². The van der Waals surface area contributed by atoms with Gasteiger partial charge in [-0.25, -0.2) is 32.7 Å². The van der Waals surface area contributed by atoms with Crippen LogP contribution in [0.1, 0.15) is 65.2 Å². The van der Waals surface area contributed by atoms with Gasteiger partial charge in [-0.05, 0) is 109 Å². The van der Waals surface area contributed by atoms with Gasteiger partial charge in [-0.3, -0.25) is 48.1 Å². The Kier molecular flexibility index (Phi) is 14.8. The van der Waals surface area contributed by atoms with Crippen molar-refractivity contribution >= 4 is 59.0 Å². The number of aromatic nitrogens is 6. The van der Waals surface area contributed by atoms with E-state index >= 15 is 0 Å². The van der Waals surface area contributed by atoms with Crippen molar-refractivity contribution in [2.45, 2.75) is 70.1 Å². The number of carbonyl (C=O) groups excluding carboxylic acids is 6. The number of rotatable bonds is 16. The first-order chi connectivity index (χ1) is 35.3. The Balaban J connectivity index is 1.06. The van der Waals surface area contributed by atoms with Crippen molar-refractivity contribution in [3.05, 3.63) is 142 Å². The number of benzene rings is 2. The molecule has 0 spiro atoms. The summed E-state index contributed by atoms with van der Waals surface area (Å²) in [5, 5.41) is 14.1. The number of urea groups is 2. The number of nitrogens with two attached hydrogens (primary N) is 2. The van der Waals surface area contributed by atoms with Gasteiger partial charge in [-0.1, -0.05) is 25.1 Å². The van der Waals surface area contributed by atoms with E-state index in [2.05, 4.69) is 30.8 Å². The van der Waals surface area contributed by atoms with Crippen LogP contribution in [0.3, 0.4) is 0 Å². The van der Waals surface area contributed by atoms with Crippen molar-refractivity contribution < 1.29 is 41.9 Å². The van der Waals surface area contributed by atoms with Crippen LogP contribution >= 0.6 is 0 Å². The summed E-state index contributed by atoms with van der Waals surface area (Å²) in [5.41, 5.74) is 14.5. The molecule has 2 fully saturated rings. The van der Waals surface area contributed by atoms with Crippen LogP contribution in [0.15, 0.2) is 91.5 Å². The van der Waals surface area contributed by atoms with Crippen molar-refractivity contribution in [3.63, 3.8) is 0 Å². The van der Waals surface area contributed by atoms with Gasteiger partial charge in [0, 0.05) is 52.2 Å². The summed E-state index contributed by atoms with van der Waals surface area (Å²) >= 11 is 0. The molecule has 6 atom stereocenters. The van der Waals surface area contributed by atoms with E-state index in [4.69, 9.17) is 11.5 Å². The van der Waals surface area contributed by atoms with Gasteiger partial charge in [0.25, 0.3) is 11.8 Å². The Bertz CT molecular complexity index is 3160. The molecule has 6 heterocycles. The lowest BCUT2D eigenvalue weighted by Gasteiger charge is -2.46. The zero-order valence-electron chi connectivity index (χ0n) is 41.4. The number of imide groups is 2. The average molecular weight is 1020 g/mol. The van der Waals surface area contributed by atoms with Crippen LogP contribution in [0.2, 0.25) is 0 Å². The van der Waals surface area contributed by atoms with Crippen LogP contribution in [0.5, 0.6) is 0 Å². The van der Waals surface area contributed by atoms with E-state index in [1.807, 2.05) is 0 Å². The molecule has 0 bridgehead atoms. The SMILES string of the molecule is CC[C@@H](NC(=O)N1C(=O)[C@H](Cc2ccnc(N)c2)[C@H]1C(=O)N(C)c1c(CC[C@@H](NC(=O)N2C(=O)[C@H](Cc3ccnc(N)c3)[C@H]2C(=O)N(C)c2ccnn2C)c2ccc(F)c(F)c2)cnn1C)c1ccc(C)c(F)c1. The Hall–Kier alpha value is -8.63. The molecule has 20 nitrogen and oxygen atoms in total. The molecule has 2 saturated heterocycles. The van der Waals surface area contributed by atoms with Gasteiger partial charge < -0.3 is 22.1 Å². The number of nitrogens with one attached hydrogen (secondary N) is 2. The number of hydrogen-bond acceptors (Lipinski definition) is 12. The standard InChI is InChI=1S/C51H55F3N14O6/c1-7-38(30-9-8-27(2)36(53)24-30)61-50(73)68-44(34(47(68)70)21-29-15-18-58-41(56)23-29)49(72)64(4)45-32(26-60-66(45)6)11-13-39(31-10-12-35(52)37(54)25-31)62-51(74)67-43(48(71)63(3)42-16-19-59-65(42)5)33(46(67)69)20-28-14-17-57-40(55)22-28/h8-10,12,14-19,22-26,33-34,38-39,43-44H,7,11,13,20-21H2,1-6H3,(H2,55,57)(H2,56,58)(H,61,73)(H,62,74)/t33-,34-,38-,39-,43+,44+/m1/s1. The van der Waals surface area contributed by atoms with Gasteiger partial charge in [0.15, 0.2) is 11.6 Å². The summed E-state index contributed by atoms with van der Waals surface area (Å²) in [4.78, 5) is 98.0. The molecule has 2 aliphatic heterocycles. The fraction of sp³-hybridized carbons (Fsp3) is 0.333. The minimum Gasteiger partial charge on any atom is -0.384 e. The molecule has 6 aromatic rings. The number of anilines is 4. The zero-order chi connectivity index (χ0) is 53.3. The fourth-order valence-electron chi connectivity index (χ4n) is 9.69. The lowest BCUT2D eigenvalue weighted by atomic mass is 9.81. The summed E-state index contributed by atoms with van der Waals surface area (Å²) in [6, 6.07) is 9.32. The van der Waals surface area contributed by atoms with Gasteiger partial charge in [-0.15, -0.1) is 0 Å². The van der Waals surface area contributed by atoms with Crippen LogP contribution in [0, 0.1) is 36.2 Å². The maximum Gasteiger partial charge on any atom is 0.325 e. The molecule has 8 amide bonds. The number of nitrogen functional groups attached to an aromatic ring is 2. The average Bonchev–Trinajstić information content (AvgIpc) is 3.98. The number of likely N-dealkylation sites (N-methyl/N-ethyl adjacent to an activating group) is 2. The molecule has 2 aromatic carbocycles. The second-order valence-electron chi connectivity index (χ2n) is 18.5. The van der Waals surface area contributed by atoms with E-state index < -0.39 is 89.1 Å². The molecular weight excluding hydrogens is 962 g/mol. The van der Waals surface area contributed by atoms with Crippen LogP contribution in [0.25, 0.3) is 0 Å². The Morgan fingerprint density at radius 1 is 0.676 bits per heavy atom. The minimum atomic E-state index is -1.34. The highest BCUT2D eigenvalue weighted by atomic mass is 19.2. The zero-order valence-corrected chi connectivity index (χ0v) is 41.4. The highest BCUT2D eigenvalue weighted by molar-refractivity contribution is 6.13. The molecule has 0 radical (unpaired) electrons. The molecular formula is C51H55F3N14O6. The number of halogens is 3. The van der Waals surface area contributed by atoms with Crippen LogP contribution in [0.4, 0.5) is 46.0 Å². The Morgan fingerprint density at radius 2 is 1.22 bits per heavy atom. The van der Waals surface area contributed by atoms with E-state index in [1.165, 1.54) is 70.2 Å². The summed E-state index contributed by atoms with van der Waals surface area (Å²) in [6.07, 6.45) is 6.26. The van der Waals surface area contributed by atoms with Crippen molar-refractivity contribution in [1.29, 1.82) is 0 Å². The van der Waals surface area contributed by atoms with Gasteiger partial charge in [0.1, 0.15) is 41.2 Å². The molecule has 74 heavy (non-hydrogen) atoms. The lowest BCUT2D eigenvalue weighted by molar-refractivity contribution is -0.156. The first-order valence-corrected chi connectivity index (χ1v) is 23.7. The number of carbonyl (C=O) groups is 6. The topological polar surface area (TPSA) is 253 Å². The highest BCUT2D eigenvalue weighted by Crippen LogP contribution is 2.37. The van der Waals surface area contributed by atoms with Crippen molar-refractivity contribution in [3.8, 4) is 0 Å². The maximum absolute atomic E-state index is 15.0. The van der Waals surface area contributed by atoms with Gasteiger partial charge in [0.2, 0.25) is 11.8 Å². The van der Waals surface area contributed by atoms with E-state index in [1.54, 1.807) is 70.4 Å². The quantitative estimate of drug-likeness (QED) is 0.0951. The number of likely N-dealkylation sites (tertiary alicyclic amines) is 2. The first kappa shape index (κ1) is 51.7. The number of nitrogens with zero attached hydrogens (tertiary/aromatic N) is 10. The first-order valence-electron chi connectivity index (χ1n) is 23.7. The monoisotopic (exact) mass is 1020 g/mol. The number of hydrogen-bond donors (Lipinski definition) is 4. The molecule has 0 saturated carbocycles. The smallest absolute Gasteiger partial charge is 0.325 e. The van der Waals surface area contributed by atoms with Crippen molar-refractivity contribution in [1.82, 2.24) is 50.0 Å². The number of β-lactam (4-membered cyclic amide) rings is 2. The van der Waals surface area contributed by atoms with Crippen molar-refractivity contribution in [2.75, 3.05) is 35.4 Å². The predicted octanol–water partition coefficient (Wildman–Crippen LogP) is 4.84. The maximum atomic E-state index is 15.0. The second-order valence-corrected chi connectivity index (χ2v) is 18.5. The minimum absolute atomic E-state index is 0.0230. The van der Waals surface area contributed by atoms with Crippen LogP contribution < -0.4 is 31.9 Å². The fourth-order valence-corrected chi connectivity index (χ4v) is 9.69. The summed E-state index contributed by atoms with van der Waals surface area (Å²) < 4.78 is 46.9. The predicted molar refractivity (Wildman–Crippen MR) is 265 cm³/mol. The Morgan fingerprint density at radius 3 is 1.74 bits per heavy atom. The number of aryl methyl sites for hydroxylation is 4.